The molecular formula is C17H15N2O+. The molecule has 3 nitrogen and oxygen atoms in total. The first kappa shape index (κ1) is 12.4. The largest absolute Gasteiger partial charge is 0.321 e. The van der Waals surface area contributed by atoms with Gasteiger partial charge >= 0.3 is 0 Å². The predicted molar refractivity (Wildman–Crippen MR) is 79.5 cm³/mol. The normalized spacial score (nSPS) is 10.4. The number of hydrogen-bond donors (Lipinski definition) is 1. The molecule has 3 heteroatoms. The van der Waals surface area contributed by atoms with Gasteiger partial charge in [-0.25, -0.2) is 4.57 Å². The Balaban J connectivity index is 2.00. The zero-order chi connectivity index (χ0) is 13.9. The third-order valence-corrected chi connectivity index (χ3v) is 3.32. The van der Waals surface area contributed by atoms with Crippen molar-refractivity contribution in [3.8, 4) is 0 Å². The van der Waals surface area contributed by atoms with Crippen molar-refractivity contribution in [1.29, 1.82) is 0 Å². The van der Waals surface area contributed by atoms with Gasteiger partial charge in [0.15, 0.2) is 6.20 Å². The van der Waals surface area contributed by atoms with Crippen molar-refractivity contribution >= 4 is 22.5 Å². The summed E-state index contributed by atoms with van der Waals surface area (Å²) < 4.78 is 2.04. The number of anilines is 1. The molecule has 0 atom stereocenters. The summed E-state index contributed by atoms with van der Waals surface area (Å²) in [4.78, 5) is 12.2. The molecule has 1 aromatic heterocycles. The first-order chi connectivity index (χ1) is 9.75. The standard InChI is InChI=1S/C17H14N2O/c1-19-12-6-9-14-15(10-5-11-16(14)19)18-17(20)13-7-3-2-4-8-13/h2-12H,1H3/p+1. The maximum absolute atomic E-state index is 12.2. The third-order valence-electron chi connectivity index (χ3n) is 3.32. The molecule has 0 fully saturated rings. The molecule has 0 radical (unpaired) electrons. The van der Waals surface area contributed by atoms with Crippen LogP contribution in [0.2, 0.25) is 0 Å². The first-order valence-corrected chi connectivity index (χ1v) is 6.49. The fourth-order valence-corrected chi connectivity index (χ4v) is 2.28. The number of fused-ring (bicyclic) bond motifs is 1. The van der Waals surface area contributed by atoms with E-state index < -0.39 is 0 Å². The summed E-state index contributed by atoms with van der Waals surface area (Å²) in [6.45, 7) is 0. The summed E-state index contributed by atoms with van der Waals surface area (Å²) in [6, 6.07) is 19.1. The zero-order valence-corrected chi connectivity index (χ0v) is 11.2. The Morgan fingerprint density at radius 3 is 2.55 bits per heavy atom. The van der Waals surface area contributed by atoms with Gasteiger partial charge in [-0.05, 0) is 24.3 Å². The Labute approximate surface area is 117 Å². The summed E-state index contributed by atoms with van der Waals surface area (Å²) in [7, 11) is 1.99. The molecule has 98 valence electrons. The first-order valence-electron chi connectivity index (χ1n) is 6.49. The molecule has 3 aromatic rings. The Bertz CT molecular complexity index is 766. The van der Waals surface area contributed by atoms with Crippen molar-refractivity contribution in [2.45, 2.75) is 0 Å². The SMILES string of the molecule is C[n+]1cccc2c(NC(=O)c3ccccc3)cccc21. The van der Waals surface area contributed by atoms with E-state index in [0.717, 1.165) is 16.6 Å². The topological polar surface area (TPSA) is 33.0 Å². The fourth-order valence-electron chi connectivity index (χ4n) is 2.28. The maximum Gasteiger partial charge on any atom is 0.255 e. The number of nitrogens with zero attached hydrogens (tertiary/aromatic N) is 1. The number of carbonyl (C=O) groups excluding carboxylic acids is 1. The molecule has 0 aliphatic heterocycles. The van der Waals surface area contributed by atoms with Crippen molar-refractivity contribution < 1.29 is 9.36 Å². The second kappa shape index (κ2) is 5.13. The zero-order valence-electron chi connectivity index (χ0n) is 11.2. The smallest absolute Gasteiger partial charge is 0.255 e. The highest BCUT2D eigenvalue weighted by molar-refractivity contribution is 6.08. The van der Waals surface area contributed by atoms with E-state index in [1.807, 2.05) is 66.3 Å². The number of nitrogens with one attached hydrogen (secondary N) is 1. The van der Waals surface area contributed by atoms with Gasteiger partial charge in [-0.1, -0.05) is 24.3 Å². The van der Waals surface area contributed by atoms with E-state index in [-0.39, 0.29) is 5.91 Å². The van der Waals surface area contributed by atoms with Crippen LogP contribution >= 0.6 is 0 Å². The summed E-state index contributed by atoms with van der Waals surface area (Å²) in [5, 5.41) is 4.01. The second-order valence-corrected chi connectivity index (χ2v) is 4.68. The summed E-state index contributed by atoms with van der Waals surface area (Å²) in [5.41, 5.74) is 2.57. The van der Waals surface area contributed by atoms with E-state index >= 15 is 0 Å². The number of aryl methyl sites for hydroxylation is 1. The Morgan fingerprint density at radius 2 is 1.75 bits per heavy atom. The number of aromatic nitrogens is 1. The minimum Gasteiger partial charge on any atom is -0.321 e. The molecule has 2 aromatic carbocycles. The summed E-state index contributed by atoms with van der Waals surface area (Å²) in [6.07, 6.45) is 1.99. The van der Waals surface area contributed by atoms with Gasteiger partial charge in [-0.2, -0.15) is 0 Å². The van der Waals surface area contributed by atoms with Gasteiger partial charge in [0.1, 0.15) is 7.05 Å². The molecule has 0 aliphatic rings. The lowest BCUT2D eigenvalue weighted by atomic mass is 10.1. The lowest BCUT2D eigenvalue weighted by molar-refractivity contribution is -0.644. The molecular weight excluding hydrogens is 248 g/mol. The Kier molecular flexibility index (Phi) is 3.17. The van der Waals surface area contributed by atoms with Crippen LogP contribution in [0.4, 0.5) is 5.69 Å². The molecule has 0 unspecified atom stereocenters. The second-order valence-electron chi connectivity index (χ2n) is 4.68. The number of amides is 1. The Hall–Kier alpha value is -2.68. The van der Waals surface area contributed by atoms with Crippen LogP contribution in [-0.2, 0) is 7.05 Å². The van der Waals surface area contributed by atoms with Crippen molar-refractivity contribution in [3.63, 3.8) is 0 Å². The van der Waals surface area contributed by atoms with E-state index in [1.54, 1.807) is 12.1 Å². The highest BCUT2D eigenvalue weighted by Gasteiger charge is 2.11. The van der Waals surface area contributed by atoms with Gasteiger partial charge in [-0.3, -0.25) is 4.79 Å². The molecule has 1 N–H and O–H groups in total. The van der Waals surface area contributed by atoms with Gasteiger partial charge < -0.3 is 5.32 Å². The number of rotatable bonds is 2. The van der Waals surface area contributed by atoms with Crippen molar-refractivity contribution in [3.05, 3.63) is 72.4 Å². The highest BCUT2D eigenvalue weighted by atomic mass is 16.1. The van der Waals surface area contributed by atoms with Crippen LogP contribution in [0.1, 0.15) is 10.4 Å². The van der Waals surface area contributed by atoms with E-state index in [4.69, 9.17) is 0 Å². The molecule has 0 aliphatic carbocycles. The molecule has 0 saturated carbocycles. The number of pyridine rings is 1. The van der Waals surface area contributed by atoms with Gasteiger partial charge in [0, 0.05) is 17.7 Å². The van der Waals surface area contributed by atoms with Crippen LogP contribution in [0.3, 0.4) is 0 Å². The van der Waals surface area contributed by atoms with Crippen LogP contribution in [0.15, 0.2) is 66.9 Å². The number of benzene rings is 2. The minimum atomic E-state index is -0.0930. The summed E-state index contributed by atoms with van der Waals surface area (Å²) in [5.74, 6) is -0.0930. The van der Waals surface area contributed by atoms with Gasteiger partial charge in [0.2, 0.25) is 5.52 Å². The van der Waals surface area contributed by atoms with Gasteiger partial charge in [0.05, 0.1) is 11.1 Å². The van der Waals surface area contributed by atoms with Crippen LogP contribution in [0.5, 0.6) is 0 Å². The predicted octanol–water partition coefficient (Wildman–Crippen LogP) is 2.92. The lowest BCUT2D eigenvalue weighted by Gasteiger charge is -2.07. The maximum atomic E-state index is 12.2. The quantitative estimate of drug-likeness (QED) is 0.708. The van der Waals surface area contributed by atoms with Crippen molar-refractivity contribution in [2.24, 2.45) is 7.05 Å². The molecule has 0 saturated heterocycles. The molecule has 1 amide bonds. The molecule has 3 rings (SSSR count). The van der Waals surface area contributed by atoms with E-state index in [2.05, 4.69) is 5.32 Å². The van der Waals surface area contributed by atoms with Crippen LogP contribution < -0.4 is 9.88 Å². The van der Waals surface area contributed by atoms with E-state index in [9.17, 15) is 4.79 Å². The van der Waals surface area contributed by atoms with Gasteiger partial charge in [0.25, 0.3) is 5.91 Å². The van der Waals surface area contributed by atoms with E-state index in [1.165, 1.54) is 0 Å². The average Bonchev–Trinajstić information content (AvgIpc) is 2.49. The number of carbonyl (C=O) groups is 1. The number of hydrogen-bond acceptors (Lipinski definition) is 1. The van der Waals surface area contributed by atoms with Crippen LogP contribution in [-0.4, -0.2) is 5.91 Å². The average molecular weight is 263 g/mol. The molecule has 1 heterocycles. The van der Waals surface area contributed by atoms with Crippen molar-refractivity contribution in [2.75, 3.05) is 5.32 Å². The monoisotopic (exact) mass is 263 g/mol. The van der Waals surface area contributed by atoms with Gasteiger partial charge in [-0.15, -0.1) is 0 Å². The summed E-state index contributed by atoms with van der Waals surface area (Å²) >= 11 is 0. The van der Waals surface area contributed by atoms with Crippen molar-refractivity contribution in [1.82, 2.24) is 0 Å². The Morgan fingerprint density at radius 1 is 0.950 bits per heavy atom. The molecule has 0 spiro atoms. The lowest BCUT2D eigenvalue weighted by Crippen LogP contribution is -2.28. The molecule has 0 bridgehead atoms. The fraction of sp³-hybridized carbons (Fsp3) is 0.0588. The molecule has 20 heavy (non-hydrogen) atoms. The van der Waals surface area contributed by atoms with Crippen LogP contribution in [0.25, 0.3) is 10.9 Å². The third kappa shape index (κ3) is 2.26. The highest BCUT2D eigenvalue weighted by Crippen LogP contribution is 2.21. The van der Waals surface area contributed by atoms with Crippen LogP contribution in [0, 0.1) is 0 Å². The minimum absolute atomic E-state index is 0.0930. The van der Waals surface area contributed by atoms with E-state index in [0.29, 0.717) is 5.56 Å².